The predicted octanol–water partition coefficient (Wildman–Crippen LogP) is 3.45. The Hall–Kier alpha value is -5.93. The van der Waals surface area contributed by atoms with Crippen molar-refractivity contribution in [2.24, 2.45) is 5.41 Å². The normalized spacial score (nSPS) is 20.4. The number of fused-ring (bicyclic) bond motifs is 3. The molecule has 3 fully saturated rings. The SMILES string of the molecule is Cc1cc(Nc2cc(NC(=O)CCCCCNc3ccc4c(c3)C(=O)N(C3CCC(=O)NC3=O)C4=O)ncn2)c(=O)n2c1C(=O)NC21CCC2(CC2)CC1. The number of hydrogen-bond donors (Lipinski definition) is 5. The number of benzene rings is 1. The van der Waals surface area contributed by atoms with Gasteiger partial charge >= 0.3 is 0 Å². The molecule has 2 saturated carbocycles. The van der Waals surface area contributed by atoms with Gasteiger partial charge in [-0.15, -0.1) is 0 Å². The summed E-state index contributed by atoms with van der Waals surface area (Å²) < 4.78 is 1.65. The first-order valence-corrected chi connectivity index (χ1v) is 18.5. The van der Waals surface area contributed by atoms with E-state index in [0.29, 0.717) is 41.1 Å². The number of anilines is 4. The fourth-order valence-electron chi connectivity index (χ4n) is 8.31. The summed E-state index contributed by atoms with van der Waals surface area (Å²) in [5.74, 6) is -2.02. The predicted molar refractivity (Wildman–Crippen MR) is 195 cm³/mol. The van der Waals surface area contributed by atoms with Crippen LogP contribution in [0.3, 0.4) is 0 Å². The summed E-state index contributed by atoms with van der Waals surface area (Å²) in [6, 6.07) is 7.06. The number of pyridine rings is 1. The van der Waals surface area contributed by atoms with E-state index in [1.165, 1.54) is 19.2 Å². The maximum absolute atomic E-state index is 13.8. The molecule has 1 unspecified atom stereocenters. The summed E-state index contributed by atoms with van der Waals surface area (Å²) in [5.41, 5.74) is 1.83. The van der Waals surface area contributed by atoms with Crippen molar-refractivity contribution in [3.05, 3.63) is 69.4 Å². The minimum atomic E-state index is -1.02. The van der Waals surface area contributed by atoms with Crippen LogP contribution in [0.5, 0.6) is 0 Å². The molecule has 3 aromatic rings. The Morgan fingerprint density at radius 3 is 2.39 bits per heavy atom. The van der Waals surface area contributed by atoms with Gasteiger partial charge in [-0.2, -0.15) is 0 Å². The van der Waals surface area contributed by atoms with Crippen LogP contribution >= 0.6 is 0 Å². The molecule has 0 bridgehead atoms. The summed E-state index contributed by atoms with van der Waals surface area (Å²) in [6.45, 7) is 2.38. The van der Waals surface area contributed by atoms with Crippen LogP contribution in [0.15, 0.2) is 41.5 Å². The molecule has 6 amide bonds. The Morgan fingerprint density at radius 2 is 1.63 bits per heavy atom. The smallest absolute Gasteiger partial charge is 0.276 e. The number of nitrogens with zero attached hydrogens (tertiary/aromatic N) is 4. The van der Waals surface area contributed by atoms with Gasteiger partial charge in [0.05, 0.1) is 11.1 Å². The molecule has 5 N–H and O–H groups in total. The molecule has 5 heterocycles. The number of unbranched alkanes of at least 4 members (excludes halogenated alkanes) is 2. The van der Waals surface area contributed by atoms with E-state index in [1.807, 2.05) is 6.92 Å². The summed E-state index contributed by atoms with van der Waals surface area (Å²) in [6.07, 6.45) is 9.66. The Morgan fingerprint density at radius 1 is 0.889 bits per heavy atom. The third-order valence-electron chi connectivity index (χ3n) is 11.5. The Kier molecular flexibility index (Phi) is 8.77. The van der Waals surface area contributed by atoms with Gasteiger partial charge in [0.25, 0.3) is 23.3 Å². The van der Waals surface area contributed by atoms with Crippen molar-refractivity contribution >= 4 is 58.5 Å². The average molecular weight is 736 g/mol. The van der Waals surface area contributed by atoms with E-state index in [2.05, 4.69) is 36.6 Å². The minimum Gasteiger partial charge on any atom is -0.385 e. The largest absolute Gasteiger partial charge is 0.385 e. The molecule has 1 atom stereocenters. The fourth-order valence-corrected chi connectivity index (χ4v) is 8.31. The number of nitrogens with one attached hydrogen (secondary N) is 5. The lowest BCUT2D eigenvalue weighted by Crippen LogP contribution is -2.54. The number of piperidine rings is 1. The van der Waals surface area contributed by atoms with Gasteiger partial charge in [0.15, 0.2) is 0 Å². The van der Waals surface area contributed by atoms with Crippen LogP contribution in [0.1, 0.15) is 114 Å². The molecule has 16 heteroatoms. The summed E-state index contributed by atoms with van der Waals surface area (Å²) in [5, 5.41) is 14.5. The van der Waals surface area contributed by atoms with Crippen molar-refractivity contribution in [3.8, 4) is 0 Å². The highest BCUT2D eigenvalue weighted by molar-refractivity contribution is 6.23. The molecule has 8 rings (SSSR count). The van der Waals surface area contributed by atoms with Gasteiger partial charge in [0.1, 0.15) is 41.0 Å². The Bertz CT molecular complexity index is 2180. The van der Waals surface area contributed by atoms with Crippen molar-refractivity contribution in [3.63, 3.8) is 0 Å². The highest BCUT2D eigenvalue weighted by Gasteiger charge is 2.54. The monoisotopic (exact) mass is 735 g/mol. The maximum Gasteiger partial charge on any atom is 0.276 e. The fraction of sp³-hybridized carbons (Fsp3) is 0.447. The lowest BCUT2D eigenvalue weighted by Gasteiger charge is -2.39. The zero-order valence-corrected chi connectivity index (χ0v) is 29.9. The van der Waals surface area contributed by atoms with E-state index in [4.69, 9.17) is 0 Å². The van der Waals surface area contributed by atoms with Crippen LogP contribution in [0, 0.1) is 12.3 Å². The third kappa shape index (κ3) is 6.38. The van der Waals surface area contributed by atoms with Crippen LogP contribution in [-0.4, -0.2) is 67.5 Å². The second-order valence-electron chi connectivity index (χ2n) is 15.1. The second-order valence-corrected chi connectivity index (χ2v) is 15.1. The number of rotatable bonds is 11. The molecule has 3 aliphatic heterocycles. The van der Waals surface area contributed by atoms with Gasteiger partial charge in [0, 0.05) is 31.1 Å². The molecular formula is C38H41N9O7. The molecule has 2 aromatic heterocycles. The average Bonchev–Trinajstić information content (AvgIpc) is 3.78. The third-order valence-corrected chi connectivity index (χ3v) is 11.5. The van der Waals surface area contributed by atoms with Crippen molar-refractivity contribution in [2.45, 2.75) is 95.7 Å². The van der Waals surface area contributed by atoms with E-state index in [0.717, 1.165) is 43.4 Å². The minimum absolute atomic E-state index is 0.0569. The highest BCUT2D eigenvalue weighted by Crippen LogP contribution is 2.59. The Labute approximate surface area is 309 Å². The zero-order chi connectivity index (χ0) is 37.8. The maximum atomic E-state index is 13.8. The number of hydrogen-bond acceptors (Lipinski definition) is 11. The van der Waals surface area contributed by atoms with Gasteiger partial charge in [-0.25, -0.2) is 9.97 Å². The number of carbonyl (C=O) groups is 6. The van der Waals surface area contributed by atoms with Crippen LogP contribution in [0.2, 0.25) is 0 Å². The lowest BCUT2D eigenvalue weighted by molar-refractivity contribution is -0.136. The van der Waals surface area contributed by atoms with Crippen LogP contribution in [0.25, 0.3) is 0 Å². The van der Waals surface area contributed by atoms with Crippen LogP contribution in [-0.2, 0) is 20.0 Å². The quantitative estimate of drug-likeness (QED) is 0.142. The standard InChI is InChI=1S/C38H41N9O7/c1-21-17-25(36(54)47-31(21)33(51)45-38(47)14-12-37(10-11-37)13-15-38)42-27-19-28(41-20-40-27)43-29(48)5-3-2-4-16-39-22-6-7-23-24(18-22)35(53)46(34(23)52)26-8-9-30(49)44-32(26)50/h6-7,17-20,26,39H,2-5,8-16H2,1H3,(H,45,51)(H,44,49,50)(H2,40,41,42,43,48). The molecule has 1 aromatic carbocycles. The van der Waals surface area contributed by atoms with Crippen molar-refractivity contribution in [1.82, 2.24) is 30.1 Å². The summed E-state index contributed by atoms with van der Waals surface area (Å²) >= 11 is 0. The van der Waals surface area contributed by atoms with E-state index in [9.17, 15) is 33.6 Å². The molecule has 54 heavy (non-hydrogen) atoms. The number of aromatic nitrogens is 3. The molecule has 2 aliphatic carbocycles. The first-order valence-electron chi connectivity index (χ1n) is 18.5. The van der Waals surface area contributed by atoms with Crippen molar-refractivity contribution in [2.75, 3.05) is 22.5 Å². The first-order chi connectivity index (χ1) is 26.0. The number of amides is 6. The first kappa shape index (κ1) is 35.1. The van der Waals surface area contributed by atoms with Gasteiger partial charge in [-0.1, -0.05) is 6.42 Å². The van der Waals surface area contributed by atoms with Crippen molar-refractivity contribution in [1.29, 1.82) is 0 Å². The van der Waals surface area contributed by atoms with E-state index in [1.54, 1.807) is 34.9 Å². The number of imide groups is 2. The summed E-state index contributed by atoms with van der Waals surface area (Å²) in [4.78, 5) is 98.8. The Balaban J connectivity index is 0.812. The van der Waals surface area contributed by atoms with Gasteiger partial charge in [-0.3, -0.25) is 48.3 Å². The van der Waals surface area contributed by atoms with Gasteiger partial charge in [0.2, 0.25) is 17.7 Å². The van der Waals surface area contributed by atoms with E-state index in [-0.39, 0.29) is 59.3 Å². The van der Waals surface area contributed by atoms with Gasteiger partial charge in [-0.05, 0) is 100.0 Å². The van der Waals surface area contributed by atoms with Crippen LogP contribution < -0.4 is 32.1 Å². The summed E-state index contributed by atoms with van der Waals surface area (Å²) in [7, 11) is 0. The molecule has 1 saturated heterocycles. The van der Waals surface area contributed by atoms with Crippen molar-refractivity contribution < 1.29 is 28.8 Å². The van der Waals surface area contributed by atoms with E-state index < -0.39 is 35.3 Å². The molecule has 0 radical (unpaired) electrons. The second kappa shape index (κ2) is 13.5. The molecule has 280 valence electrons. The number of aryl methyl sites for hydroxylation is 1. The topological polar surface area (TPSA) is 214 Å². The lowest BCUT2D eigenvalue weighted by atomic mass is 9.79. The molecule has 2 spiro atoms. The van der Waals surface area contributed by atoms with E-state index >= 15 is 0 Å². The van der Waals surface area contributed by atoms with Gasteiger partial charge < -0.3 is 21.3 Å². The highest BCUT2D eigenvalue weighted by atomic mass is 16.2. The molecule has 5 aliphatic rings. The zero-order valence-electron chi connectivity index (χ0n) is 29.9. The molecule has 16 nitrogen and oxygen atoms in total. The van der Waals surface area contributed by atoms with Crippen LogP contribution in [0.4, 0.5) is 23.0 Å². The number of carbonyl (C=O) groups excluding carboxylic acids is 6. The molecular weight excluding hydrogens is 694 g/mol.